The zero-order chi connectivity index (χ0) is 15.7. The van der Waals surface area contributed by atoms with Crippen LogP contribution < -0.4 is 0 Å². The average Bonchev–Trinajstić information content (AvgIpc) is 2.91. The summed E-state index contributed by atoms with van der Waals surface area (Å²) in [5, 5.41) is 11.1. The second-order valence-corrected chi connectivity index (χ2v) is 6.80. The summed E-state index contributed by atoms with van der Waals surface area (Å²) in [6.45, 7) is 7.06. The number of benzene rings is 1. The van der Waals surface area contributed by atoms with Crippen molar-refractivity contribution in [3.63, 3.8) is 0 Å². The fourth-order valence-electron chi connectivity index (χ4n) is 4.00. The van der Waals surface area contributed by atoms with E-state index >= 15 is 0 Å². The third kappa shape index (κ3) is 2.90. The van der Waals surface area contributed by atoms with E-state index in [2.05, 4.69) is 24.0 Å². The van der Waals surface area contributed by atoms with Crippen molar-refractivity contribution in [2.24, 2.45) is 0 Å². The van der Waals surface area contributed by atoms with Crippen molar-refractivity contribution < 1.29 is 9.90 Å². The molecule has 1 atom stereocenters. The van der Waals surface area contributed by atoms with Gasteiger partial charge in [-0.25, -0.2) is 0 Å². The first-order valence-corrected chi connectivity index (χ1v) is 8.28. The Morgan fingerprint density at radius 1 is 1.23 bits per heavy atom. The van der Waals surface area contributed by atoms with Crippen LogP contribution in [0.15, 0.2) is 24.3 Å². The summed E-state index contributed by atoms with van der Waals surface area (Å²) in [4.78, 5) is 15.8. The lowest BCUT2D eigenvalue weighted by Gasteiger charge is -2.37. The molecular weight excluding hydrogens is 276 g/mol. The molecule has 0 unspecified atom stereocenters. The highest BCUT2D eigenvalue weighted by molar-refractivity contribution is 5.73. The number of carbonyl (C=O) groups is 1. The smallest absolute Gasteiger partial charge is 0.219 e. The first kappa shape index (κ1) is 15.5. The van der Waals surface area contributed by atoms with Crippen LogP contribution in [0, 0.1) is 6.92 Å². The Hall–Kier alpha value is -1.39. The lowest BCUT2D eigenvalue weighted by atomic mass is 9.89. The Balaban J connectivity index is 1.66. The third-order valence-corrected chi connectivity index (χ3v) is 5.35. The summed E-state index contributed by atoms with van der Waals surface area (Å²) in [5.41, 5.74) is 1.51. The Labute approximate surface area is 132 Å². The molecule has 0 aromatic heterocycles. The van der Waals surface area contributed by atoms with E-state index in [9.17, 15) is 9.90 Å². The van der Waals surface area contributed by atoms with Gasteiger partial charge in [0.15, 0.2) is 0 Å². The van der Waals surface area contributed by atoms with Crippen LogP contribution in [0.4, 0.5) is 0 Å². The molecule has 0 saturated carbocycles. The molecule has 2 heterocycles. The molecule has 2 aliphatic heterocycles. The van der Waals surface area contributed by atoms with Gasteiger partial charge in [-0.3, -0.25) is 9.69 Å². The molecule has 3 rings (SSSR count). The minimum Gasteiger partial charge on any atom is -0.384 e. The molecule has 2 fully saturated rings. The zero-order valence-electron chi connectivity index (χ0n) is 13.6. The number of β-amino-alcohol motifs (C(OH)–C–C–N with tert-alkyl or cyclic N) is 1. The molecule has 4 nitrogen and oxygen atoms in total. The molecule has 1 amide bonds. The first-order valence-electron chi connectivity index (χ1n) is 8.28. The quantitative estimate of drug-likeness (QED) is 0.907. The largest absolute Gasteiger partial charge is 0.384 e. The van der Waals surface area contributed by atoms with Crippen LogP contribution in [0.1, 0.15) is 37.3 Å². The molecule has 4 heteroatoms. The number of hydrogen-bond acceptors (Lipinski definition) is 3. The summed E-state index contributed by atoms with van der Waals surface area (Å²) in [6.07, 6.45) is 2.83. The van der Waals surface area contributed by atoms with Gasteiger partial charge in [0.2, 0.25) is 5.91 Å². The van der Waals surface area contributed by atoms with Crippen molar-refractivity contribution in [2.45, 2.75) is 44.8 Å². The molecule has 1 aromatic rings. The number of aliphatic hydroxyl groups is 1. The normalized spacial score (nSPS) is 27.3. The molecule has 2 saturated heterocycles. The van der Waals surface area contributed by atoms with E-state index in [4.69, 9.17) is 0 Å². The van der Waals surface area contributed by atoms with Gasteiger partial charge in [0, 0.05) is 39.1 Å². The molecule has 22 heavy (non-hydrogen) atoms. The van der Waals surface area contributed by atoms with Crippen molar-refractivity contribution in [3.8, 4) is 0 Å². The molecule has 0 bridgehead atoms. The monoisotopic (exact) mass is 302 g/mol. The van der Waals surface area contributed by atoms with Crippen molar-refractivity contribution in [1.29, 1.82) is 0 Å². The number of likely N-dealkylation sites (tertiary alicyclic amines) is 2. The minimum absolute atomic E-state index is 0.177. The molecule has 120 valence electrons. The maximum atomic E-state index is 11.4. The van der Waals surface area contributed by atoms with E-state index in [1.54, 1.807) is 6.92 Å². The second kappa shape index (κ2) is 6.01. The Bertz CT molecular complexity index is 552. The van der Waals surface area contributed by atoms with Gasteiger partial charge in [0.1, 0.15) is 5.60 Å². The summed E-state index contributed by atoms with van der Waals surface area (Å²) in [6, 6.07) is 8.65. The number of nitrogens with zero attached hydrogens (tertiary/aromatic N) is 2. The fraction of sp³-hybridized carbons (Fsp3) is 0.611. The molecule has 0 aliphatic carbocycles. The van der Waals surface area contributed by atoms with Crippen LogP contribution in [-0.4, -0.2) is 53.0 Å². The van der Waals surface area contributed by atoms with E-state index in [0.717, 1.165) is 44.5 Å². The molecule has 0 radical (unpaired) electrons. The van der Waals surface area contributed by atoms with E-state index in [1.807, 2.05) is 17.0 Å². The highest BCUT2D eigenvalue weighted by atomic mass is 16.3. The maximum Gasteiger partial charge on any atom is 0.219 e. The van der Waals surface area contributed by atoms with Crippen LogP contribution in [0.25, 0.3) is 0 Å². The zero-order valence-corrected chi connectivity index (χ0v) is 13.6. The van der Waals surface area contributed by atoms with Gasteiger partial charge in [0.05, 0.1) is 0 Å². The molecule has 1 aromatic carbocycles. The van der Waals surface area contributed by atoms with Gasteiger partial charge in [-0.2, -0.15) is 0 Å². The number of carbonyl (C=O) groups excluding carboxylic acids is 1. The van der Waals surface area contributed by atoms with Crippen LogP contribution in [-0.2, 0) is 10.4 Å². The number of rotatable bonds is 2. The maximum absolute atomic E-state index is 11.4. The number of piperidine rings is 1. The predicted octanol–water partition coefficient (Wildman–Crippen LogP) is 1.90. The van der Waals surface area contributed by atoms with Crippen molar-refractivity contribution in [2.75, 3.05) is 26.2 Å². The Kier molecular flexibility index (Phi) is 4.24. The summed E-state index contributed by atoms with van der Waals surface area (Å²) >= 11 is 0. The predicted molar refractivity (Wildman–Crippen MR) is 86.5 cm³/mol. The van der Waals surface area contributed by atoms with Crippen LogP contribution in [0.5, 0.6) is 0 Å². The van der Waals surface area contributed by atoms with Gasteiger partial charge < -0.3 is 10.0 Å². The molecule has 0 spiro atoms. The first-order chi connectivity index (χ1) is 10.5. The Morgan fingerprint density at radius 2 is 1.91 bits per heavy atom. The van der Waals surface area contributed by atoms with E-state index < -0.39 is 5.60 Å². The van der Waals surface area contributed by atoms with Gasteiger partial charge in [0.25, 0.3) is 0 Å². The SMILES string of the molecule is CC(=O)N1CCC(N2CC[C@](O)(c3ccccc3C)C2)CC1. The Morgan fingerprint density at radius 3 is 2.55 bits per heavy atom. The van der Waals surface area contributed by atoms with Crippen LogP contribution in [0.2, 0.25) is 0 Å². The molecule has 2 aliphatic rings. The van der Waals surface area contributed by atoms with Gasteiger partial charge in [-0.15, -0.1) is 0 Å². The van der Waals surface area contributed by atoms with E-state index in [0.29, 0.717) is 12.6 Å². The highest BCUT2D eigenvalue weighted by Gasteiger charge is 2.41. The van der Waals surface area contributed by atoms with Crippen molar-refractivity contribution in [1.82, 2.24) is 9.80 Å². The summed E-state index contributed by atoms with van der Waals surface area (Å²) in [5.74, 6) is 0.177. The number of amides is 1. The number of aryl methyl sites for hydroxylation is 1. The van der Waals surface area contributed by atoms with Crippen LogP contribution >= 0.6 is 0 Å². The molecular formula is C18H26N2O2. The molecule has 1 N–H and O–H groups in total. The lowest BCUT2D eigenvalue weighted by Crippen LogP contribution is -2.46. The van der Waals surface area contributed by atoms with E-state index in [1.165, 1.54) is 5.56 Å². The highest BCUT2D eigenvalue weighted by Crippen LogP contribution is 2.36. The lowest BCUT2D eigenvalue weighted by molar-refractivity contribution is -0.130. The van der Waals surface area contributed by atoms with E-state index in [-0.39, 0.29) is 5.91 Å². The number of hydrogen-bond donors (Lipinski definition) is 1. The van der Waals surface area contributed by atoms with Gasteiger partial charge in [-0.05, 0) is 37.3 Å². The van der Waals surface area contributed by atoms with Gasteiger partial charge >= 0.3 is 0 Å². The summed E-state index contributed by atoms with van der Waals surface area (Å²) in [7, 11) is 0. The van der Waals surface area contributed by atoms with Crippen LogP contribution in [0.3, 0.4) is 0 Å². The van der Waals surface area contributed by atoms with Crippen molar-refractivity contribution in [3.05, 3.63) is 35.4 Å². The second-order valence-electron chi connectivity index (χ2n) is 6.80. The van der Waals surface area contributed by atoms with Crippen molar-refractivity contribution >= 4 is 5.91 Å². The van der Waals surface area contributed by atoms with Gasteiger partial charge in [-0.1, -0.05) is 24.3 Å². The topological polar surface area (TPSA) is 43.8 Å². The average molecular weight is 302 g/mol. The minimum atomic E-state index is -0.719. The summed E-state index contributed by atoms with van der Waals surface area (Å²) < 4.78 is 0. The fourth-order valence-corrected chi connectivity index (χ4v) is 4.00. The standard InChI is InChI=1S/C18H26N2O2/c1-14-5-3-4-6-17(14)18(22)9-12-20(13-18)16-7-10-19(11-8-16)15(2)21/h3-6,16,22H,7-13H2,1-2H3/t18-/m1/s1. The third-order valence-electron chi connectivity index (χ3n) is 5.35.